The molecule has 0 aromatic heterocycles. The fraction of sp³-hybridized carbons (Fsp3) is 0.353. The summed E-state index contributed by atoms with van der Waals surface area (Å²) in [5.74, 6) is 4.77. The minimum Gasteiger partial charge on any atom is -0.496 e. The third kappa shape index (κ3) is 7.43. The topological polar surface area (TPSA) is 40.2 Å². The molecule has 1 atom stereocenters. The molecule has 4 aromatic rings. The van der Waals surface area contributed by atoms with E-state index in [1.54, 1.807) is 14.2 Å². The second-order valence-corrected chi connectivity index (χ2v) is 11.2. The van der Waals surface area contributed by atoms with Gasteiger partial charge in [-0.3, -0.25) is 0 Å². The zero-order valence-electron chi connectivity index (χ0n) is 23.5. The minimum atomic E-state index is 0.178. The second kappa shape index (κ2) is 14.3. The minimum absolute atomic E-state index is 0.178. The first-order valence-electron chi connectivity index (χ1n) is 14.1. The average molecular weight is 558 g/mol. The van der Waals surface area contributed by atoms with Gasteiger partial charge < -0.3 is 23.8 Å². The quantitative estimate of drug-likeness (QED) is 0.157. The number of piperidine rings is 1. The van der Waals surface area contributed by atoms with Crippen LogP contribution in [0, 0.1) is 0 Å². The van der Waals surface area contributed by atoms with Crippen LogP contribution in [0.25, 0.3) is 10.8 Å². The molecule has 1 saturated heterocycles. The molecular weight excluding hydrogens is 518 g/mol. The van der Waals surface area contributed by atoms with Crippen molar-refractivity contribution in [1.82, 2.24) is 0 Å². The molecule has 0 aliphatic carbocycles. The van der Waals surface area contributed by atoms with Gasteiger partial charge in [-0.2, -0.15) is 11.8 Å². The number of fused-ring (bicyclic) bond motifs is 1. The van der Waals surface area contributed by atoms with E-state index in [4.69, 9.17) is 18.9 Å². The van der Waals surface area contributed by atoms with Crippen LogP contribution in [0.2, 0.25) is 0 Å². The number of hydrogen-bond donors (Lipinski definition) is 0. The number of hydrogen-bond acceptors (Lipinski definition) is 6. The number of benzene rings is 4. The lowest BCUT2D eigenvalue weighted by Gasteiger charge is -2.34. The number of thioether (sulfide) groups is 1. The molecule has 0 saturated carbocycles. The van der Waals surface area contributed by atoms with Crippen LogP contribution >= 0.6 is 11.8 Å². The molecule has 1 unspecified atom stereocenters. The summed E-state index contributed by atoms with van der Waals surface area (Å²) >= 11 is 1.96. The van der Waals surface area contributed by atoms with E-state index >= 15 is 0 Å². The summed E-state index contributed by atoms with van der Waals surface area (Å²) in [6.45, 7) is 3.21. The molecule has 0 spiro atoms. The van der Waals surface area contributed by atoms with Crippen molar-refractivity contribution in [2.24, 2.45) is 0 Å². The zero-order chi connectivity index (χ0) is 27.6. The number of nitrogens with zero attached hydrogens (tertiary/aromatic N) is 1. The highest BCUT2D eigenvalue weighted by atomic mass is 32.2. The Hall–Kier alpha value is -3.35. The maximum atomic E-state index is 6.42. The van der Waals surface area contributed by atoms with Crippen molar-refractivity contribution in [1.29, 1.82) is 0 Å². The summed E-state index contributed by atoms with van der Waals surface area (Å²) in [5, 5.41) is 2.09. The van der Waals surface area contributed by atoms with Crippen molar-refractivity contribution in [3.63, 3.8) is 0 Å². The molecule has 1 aliphatic rings. The van der Waals surface area contributed by atoms with Crippen molar-refractivity contribution >= 4 is 28.2 Å². The summed E-state index contributed by atoms with van der Waals surface area (Å²) in [4.78, 5) is 2.42. The van der Waals surface area contributed by atoms with Gasteiger partial charge in [-0.05, 0) is 78.6 Å². The first-order valence-corrected chi connectivity index (χ1v) is 15.2. The van der Waals surface area contributed by atoms with Gasteiger partial charge in [0.2, 0.25) is 0 Å². The van der Waals surface area contributed by atoms with Gasteiger partial charge >= 0.3 is 0 Å². The lowest BCUT2D eigenvalue weighted by molar-refractivity contribution is 0.0315. The summed E-state index contributed by atoms with van der Waals surface area (Å²) < 4.78 is 23.7. The molecule has 1 aliphatic heterocycles. The summed E-state index contributed by atoms with van der Waals surface area (Å²) in [6, 6.07) is 29.4. The Balaban J connectivity index is 1.09. The van der Waals surface area contributed by atoms with Crippen molar-refractivity contribution in [2.75, 3.05) is 44.6 Å². The van der Waals surface area contributed by atoms with E-state index < -0.39 is 0 Å². The molecule has 40 heavy (non-hydrogen) atoms. The van der Waals surface area contributed by atoms with Gasteiger partial charge in [0.15, 0.2) is 0 Å². The van der Waals surface area contributed by atoms with Crippen LogP contribution in [0.4, 0.5) is 5.69 Å². The third-order valence-electron chi connectivity index (χ3n) is 7.30. The van der Waals surface area contributed by atoms with Gasteiger partial charge in [0, 0.05) is 35.3 Å². The summed E-state index contributed by atoms with van der Waals surface area (Å²) in [5.41, 5.74) is 3.69. The standard InChI is InChI=1S/C34H39NO4S/c1-36-33-13-6-12-31-32(33)21-27(22-34(31)37-2)24-39-30-11-7-18-35(23-30)28-14-16-29(17-15-28)38-19-8-20-40-25-26-9-4-3-5-10-26/h3-6,9-10,12-17,21-22,30H,7-8,11,18-20,23-25H2,1-2H3. The van der Waals surface area contributed by atoms with Gasteiger partial charge in [-0.15, -0.1) is 0 Å². The van der Waals surface area contributed by atoms with Gasteiger partial charge in [-0.25, -0.2) is 0 Å². The van der Waals surface area contributed by atoms with E-state index in [0.29, 0.717) is 6.61 Å². The SMILES string of the molecule is COc1cc(COC2CCCN(c3ccc(OCCCSCc4ccccc4)cc3)C2)cc2c(OC)cccc12. The van der Waals surface area contributed by atoms with Gasteiger partial charge in [0.25, 0.3) is 0 Å². The van der Waals surface area contributed by atoms with Crippen LogP contribution in [-0.4, -0.2) is 45.8 Å². The highest BCUT2D eigenvalue weighted by Crippen LogP contribution is 2.34. The highest BCUT2D eigenvalue weighted by molar-refractivity contribution is 7.98. The molecule has 210 valence electrons. The van der Waals surface area contributed by atoms with E-state index in [1.807, 2.05) is 23.9 Å². The lowest BCUT2D eigenvalue weighted by Crippen LogP contribution is -2.39. The first-order chi connectivity index (χ1) is 19.7. The fourth-order valence-electron chi connectivity index (χ4n) is 5.20. The van der Waals surface area contributed by atoms with E-state index in [2.05, 4.69) is 77.7 Å². The molecule has 0 amide bonds. The second-order valence-electron chi connectivity index (χ2n) is 10.1. The molecule has 4 aromatic carbocycles. The molecule has 1 fully saturated rings. The maximum Gasteiger partial charge on any atom is 0.127 e. The lowest BCUT2D eigenvalue weighted by atomic mass is 10.0. The van der Waals surface area contributed by atoms with Crippen molar-refractivity contribution in [3.8, 4) is 17.2 Å². The number of anilines is 1. The van der Waals surface area contributed by atoms with Crippen LogP contribution in [0.3, 0.4) is 0 Å². The largest absolute Gasteiger partial charge is 0.496 e. The highest BCUT2D eigenvalue weighted by Gasteiger charge is 2.21. The number of methoxy groups -OCH3 is 2. The Morgan fingerprint density at radius 3 is 2.45 bits per heavy atom. The molecule has 5 nitrogen and oxygen atoms in total. The van der Waals surface area contributed by atoms with Crippen LogP contribution in [0.15, 0.2) is 84.9 Å². The molecule has 0 radical (unpaired) electrons. The number of rotatable bonds is 13. The molecule has 5 rings (SSSR count). The van der Waals surface area contributed by atoms with Gasteiger partial charge in [-0.1, -0.05) is 42.5 Å². The molecule has 6 heteroatoms. The summed E-state index contributed by atoms with van der Waals surface area (Å²) in [6.07, 6.45) is 3.39. The van der Waals surface area contributed by atoms with E-state index in [0.717, 1.165) is 84.0 Å². The first kappa shape index (κ1) is 28.2. The molecule has 0 bridgehead atoms. The molecule has 0 N–H and O–H groups in total. The fourth-order valence-corrected chi connectivity index (χ4v) is 6.10. The normalized spacial score (nSPS) is 15.2. The molecule has 1 heterocycles. The van der Waals surface area contributed by atoms with E-state index in [-0.39, 0.29) is 6.10 Å². The predicted octanol–water partition coefficient (Wildman–Crippen LogP) is 7.74. The monoisotopic (exact) mass is 557 g/mol. The van der Waals surface area contributed by atoms with Crippen molar-refractivity contribution in [3.05, 3.63) is 96.1 Å². The van der Waals surface area contributed by atoms with Crippen LogP contribution in [0.1, 0.15) is 30.4 Å². The zero-order valence-corrected chi connectivity index (χ0v) is 24.3. The Morgan fingerprint density at radius 1 is 0.825 bits per heavy atom. The van der Waals surface area contributed by atoms with Crippen LogP contribution < -0.4 is 19.1 Å². The Kier molecular flexibility index (Phi) is 10.1. The Morgan fingerprint density at radius 2 is 1.65 bits per heavy atom. The van der Waals surface area contributed by atoms with Crippen molar-refractivity contribution in [2.45, 2.75) is 37.7 Å². The average Bonchev–Trinajstić information content (AvgIpc) is 3.02. The van der Waals surface area contributed by atoms with Gasteiger partial charge in [0.1, 0.15) is 17.2 Å². The predicted molar refractivity (Wildman–Crippen MR) is 166 cm³/mol. The van der Waals surface area contributed by atoms with Crippen LogP contribution in [0.5, 0.6) is 17.2 Å². The summed E-state index contributed by atoms with van der Waals surface area (Å²) in [7, 11) is 3.41. The van der Waals surface area contributed by atoms with E-state index in [9.17, 15) is 0 Å². The molecular formula is C34H39NO4S. The smallest absolute Gasteiger partial charge is 0.127 e. The third-order valence-corrected chi connectivity index (χ3v) is 8.41. The maximum absolute atomic E-state index is 6.42. The van der Waals surface area contributed by atoms with Crippen molar-refractivity contribution < 1.29 is 18.9 Å². The van der Waals surface area contributed by atoms with E-state index in [1.165, 1.54) is 11.3 Å². The van der Waals surface area contributed by atoms with Gasteiger partial charge in [0.05, 0.1) is 33.5 Å². The Bertz CT molecular complexity index is 1350. The number of ether oxygens (including phenoxy) is 4. The Labute approximate surface area is 242 Å². The van der Waals surface area contributed by atoms with Crippen LogP contribution in [-0.2, 0) is 17.1 Å².